The van der Waals surface area contributed by atoms with E-state index in [-0.39, 0.29) is 12.8 Å². The van der Waals surface area contributed by atoms with Crippen LogP contribution in [-0.2, 0) is 9.59 Å². The van der Waals surface area contributed by atoms with Crippen LogP contribution in [-0.4, -0.2) is 24.0 Å². The van der Waals surface area contributed by atoms with Gasteiger partial charge in [0.1, 0.15) is 23.5 Å². The Hall–Kier alpha value is -2.74. The summed E-state index contributed by atoms with van der Waals surface area (Å²) in [5.74, 6) is -1.79. The van der Waals surface area contributed by atoms with Gasteiger partial charge in [-0.3, -0.25) is 9.59 Å². The van der Waals surface area contributed by atoms with E-state index in [1.807, 2.05) is 24.4 Å². The van der Waals surface area contributed by atoms with Gasteiger partial charge in [0.05, 0.1) is 6.04 Å². The molecule has 2 amide bonds. The molecular formula is C21H18ClF3N2O3. The molecule has 1 saturated heterocycles. The Balaban J connectivity index is 1.62. The third kappa shape index (κ3) is 3.71. The fourth-order valence-corrected chi connectivity index (χ4v) is 4.10. The number of benzene rings is 2. The Morgan fingerprint density at radius 2 is 1.97 bits per heavy atom. The van der Waals surface area contributed by atoms with Gasteiger partial charge in [-0.1, -0.05) is 29.8 Å². The van der Waals surface area contributed by atoms with E-state index in [9.17, 15) is 22.8 Å². The predicted octanol–water partition coefficient (Wildman–Crippen LogP) is 4.42. The van der Waals surface area contributed by atoms with Gasteiger partial charge < -0.3 is 15.4 Å². The van der Waals surface area contributed by atoms with Crippen molar-refractivity contribution < 1.29 is 27.5 Å². The van der Waals surface area contributed by atoms with Crippen molar-refractivity contribution in [2.75, 3.05) is 0 Å². The quantitative estimate of drug-likeness (QED) is 0.682. The molecule has 0 bridgehead atoms. The van der Waals surface area contributed by atoms with Gasteiger partial charge in [-0.2, -0.15) is 13.2 Å². The number of ether oxygens (including phenoxy) is 1. The van der Waals surface area contributed by atoms with Crippen LogP contribution in [0, 0.1) is 12.8 Å². The highest BCUT2D eigenvalue weighted by Crippen LogP contribution is 2.46. The minimum Gasteiger partial charge on any atom is -0.457 e. The van der Waals surface area contributed by atoms with Crippen molar-refractivity contribution in [2.24, 2.45) is 5.92 Å². The van der Waals surface area contributed by atoms with Gasteiger partial charge in [0.2, 0.25) is 11.8 Å². The number of amides is 2. The zero-order valence-corrected chi connectivity index (χ0v) is 16.6. The lowest BCUT2D eigenvalue weighted by atomic mass is 9.90. The molecule has 4 rings (SSSR count). The van der Waals surface area contributed by atoms with Gasteiger partial charge in [-0.25, -0.2) is 0 Å². The zero-order valence-electron chi connectivity index (χ0n) is 15.8. The molecule has 2 heterocycles. The highest BCUT2D eigenvalue weighted by Gasteiger charge is 2.46. The molecule has 30 heavy (non-hydrogen) atoms. The SMILES string of the molecule is Cc1ccc2c(c1)Oc1cccc(Cl)c1C2NC(=O)C1CCC(C(F)(F)F)NC1=O. The maximum atomic E-state index is 12.9. The largest absolute Gasteiger partial charge is 0.457 e. The fraction of sp³-hybridized carbons (Fsp3) is 0.333. The molecule has 0 aromatic heterocycles. The van der Waals surface area contributed by atoms with E-state index >= 15 is 0 Å². The normalized spacial score (nSPS) is 23.0. The summed E-state index contributed by atoms with van der Waals surface area (Å²) in [5.41, 5.74) is 2.14. The van der Waals surface area contributed by atoms with E-state index in [4.69, 9.17) is 16.3 Å². The van der Waals surface area contributed by atoms with Crippen LogP contribution in [0.1, 0.15) is 35.6 Å². The van der Waals surface area contributed by atoms with E-state index in [0.717, 1.165) is 5.56 Å². The first kappa shape index (κ1) is 20.5. The minimum absolute atomic E-state index is 0.193. The first-order valence-electron chi connectivity index (χ1n) is 9.39. The zero-order chi connectivity index (χ0) is 21.6. The lowest BCUT2D eigenvalue weighted by Crippen LogP contribution is -2.54. The second kappa shape index (κ2) is 7.50. The summed E-state index contributed by atoms with van der Waals surface area (Å²) in [4.78, 5) is 25.1. The second-order valence-electron chi connectivity index (χ2n) is 7.47. The Kier molecular flexibility index (Phi) is 5.13. The standard InChI is InChI=1S/C21H18ClF3N2O3/c1-10-5-6-11-15(9-10)30-14-4-2-3-13(22)17(14)18(11)27-20(29)12-7-8-16(21(23,24)25)26-19(12)28/h2-6,9,12,16,18H,7-8H2,1H3,(H,26,28)(H,27,29). The van der Waals surface area contributed by atoms with Gasteiger partial charge in [0, 0.05) is 16.1 Å². The lowest BCUT2D eigenvalue weighted by Gasteiger charge is -2.33. The molecule has 2 aliphatic heterocycles. The molecule has 0 radical (unpaired) electrons. The number of rotatable bonds is 2. The molecule has 2 aliphatic rings. The molecule has 0 spiro atoms. The number of nitrogens with one attached hydrogen (secondary N) is 2. The molecule has 2 N–H and O–H groups in total. The van der Waals surface area contributed by atoms with Gasteiger partial charge in [0.25, 0.3) is 0 Å². The van der Waals surface area contributed by atoms with E-state index in [1.54, 1.807) is 24.3 Å². The van der Waals surface area contributed by atoms with Crippen LogP contribution in [0.2, 0.25) is 5.02 Å². The molecule has 2 aromatic rings. The average molecular weight is 439 g/mol. The van der Waals surface area contributed by atoms with Crippen molar-refractivity contribution in [3.05, 3.63) is 58.1 Å². The number of hydrogen-bond acceptors (Lipinski definition) is 3. The molecule has 0 aliphatic carbocycles. The second-order valence-corrected chi connectivity index (χ2v) is 7.88. The van der Waals surface area contributed by atoms with Crippen molar-refractivity contribution in [1.82, 2.24) is 10.6 Å². The van der Waals surface area contributed by atoms with E-state index in [0.29, 0.717) is 27.6 Å². The highest BCUT2D eigenvalue weighted by molar-refractivity contribution is 6.31. The predicted molar refractivity (Wildman–Crippen MR) is 103 cm³/mol. The summed E-state index contributed by atoms with van der Waals surface area (Å²) >= 11 is 6.37. The monoisotopic (exact) mass is 438 g/mol. The molecule has 1 fully saturated rings. The summed E-state index contributed by atoms with van der Waals surface area (Å²) in [7, 11) is 0. The lowest BCUT2D eigenvalue weighted by molar-refractivity contribution is -0.171. The Morgan fingerprint density at radius 3 is 2.67 bits per heavy atom. The van der Waals surface area contributed by atoms with Crippen LogP contribution in [0.15, 0.2) is 36.4 Å². The van der Waals surface area contributed by atoms with Crippen LogP contribution in [0.25, 0.3) is 0 Å². The van der Waals surface area contributed by atoms with Gasteiger partial charge in [-0.05, 0) is 43.5 Å². The molecule has 9 heteroatoms. The van der Waals surface area contributed by atoms with Crippen molar-refractivity contribution in [3.63, 3.8) is 0 Å². The van der Waals surface area contributed by atoms with Crippen LogP contribution >= 0.6 is 11.6 Å². The molecule has 3 unspecified atom stereocenters. The van der Waals surface area contributed by atoms with Crippen LogP contribution < -0.4 is 15.4 Å². The van der Waals surface area contributed by atoms with Gasteiger partial charge >= 0.3 is 6.18 Å². The van der Waals surface area contributed by atoms with Gasteiger partial charge in [-0.15, -0.1) is 0 Å². The highest BCUT2D eigenvalue weighted by atomic mass is 35.5. The van der Waals surface area contributed by atoms with Crippen LogP contribution in [0.5, 0.6) is 11.5 Å². The maximum Gasteiger partial charge on any atom is 0.408 e. The summed E-state index contributed by atoms with van der Waals surface area (Å²) < 4.78 is 44.6. The third-order valence-corrected chi connectivity index (χ3v) is 5.71. The van der Waals surface area contributed by atoms with Crippen LogP contribution in [0.4, 0.5) is 13.2 Å². The van der Waals surface area contributed by atoms with Crippen LogP contribution in [0.3, 0.4) is 0 Å². The minimum atomic E-state index is -4.54. The molecule has 3 atom stereocenters. The average Bonchev–Trinajstić information content (AvgIpc) is 2.66. The first-order valence-corrected chi connectivity index (χ1v) is 9.77. The topological polar surface area (TPSA) is 67.4 Å². The van der Waals surface area contributed by atoms with E-state index in [1.165, 1.54) is 0 Å². The molecule has 2 aromatic carbocycles. The summed E-state index contributed by atoms with van der Waals surface area (Å²) in [6.45, 7) is 1.90. The number of fused-ring (bicyclic) bond motifs is 2. The van der Waals surface area contributed by atoms with E-state index < -0.39 is 36.0 Å². The number of hydrogen-bond donors (Lipinski definition) is 2. The maximum absolute atomic E-state index is 12.9. The molecule has 158 valence electrons. The molecular weight excluding hydrogens is 421 g/mol. The first-order chi connectivity index (χ1) is 14.1. The summed E-state index contributed by atoms with van der Waals surface area (Å²) in [6, 6.07) is 7.92. The smallest absolute Gasteiger partial charge is 0.408 e. The van der Waals surface area contributed by atoms with Crippen molar-refractivity contribution >= 4 is 23.4 Å². The Labute approximate surface area is 175 Å². The number of halogens is 4. The fourth-order valence-electron chi connectivity index (χ4n) is 3.83. The number of carbonyl (C=O) groups excluding carboxylic acids is 2. The number of alkyl halides is 3. The number of aryl methyl sites for hydroxylation is 1. The van der Waals surface area contributed by atoms with Crippen molar-refractivity contribution in [1.29, 1.82) is 0 Å². The molecule has 0 saturated carbocycles. The molecule has 5 nitrogen and oxygen atoms in total. The summed E-state index contributed by atoms with van der Waals surface area (Å²) in [6.07, 6.45) is -5.09. The third-order valence-electron chi connectivity index (χ3n) is 5.38. The number of carbonyl (C=O) groups is 2. The Morgan fingerprint density at radius 1 is 1.20 bits per heavy atom. The number of piperidine rings is 1. The van der Waals surface area contributed by atoms with Crippen molar-refractivity contribution in [2.45, 2.75) is 38.0 Å². The summed E-state index contributed by atoms with van der Waals surface area (Å²) in [5, 5.41) is 5.08. The van der Waals surface area contributed by atoms with Gasteiger partial charge in [0.15, 0.2) is 0 Å². The Bertz CT molecular complexity index is 1030. The van der Waals surface area contributed by atoms with Crippen molar-refractivity contribution in [3.8, 4) is 11.5 Å². The van der Waals surface area contributed by atoms with E-state index in [2.05, 4.69) is 5.32 Å².